The molecule has 0 aromatic carbocycles. The minimum atomic E-state index is -0.644. The normalized spacial score (nSPS) is 29.0. The summed E-state index contributed by atoms with van der Waals surface area (Å²) < 4.78 is 5.41. The fourth-order valence-corrected chi connectivity index (χ4v) is 1.99. The summed E-state index contributed by atoms with van der Waals surface area (Å²) in [6.45, 7) is 5.71. The summed E-state index contributed by atoms with van der Waals surface area (Å²) in [5.41, 5.74) is 7.84. The van der Waals surface area contributed by atoms with Gasteiger partial charge in [0, 0.05) is 6.42 Å². The molecule has 0 spiro atoms. The van der Waals surface area contributed by atoms with Crippen molar-refractivity contribution in [1.82, 2.24) is 5.43 Å². The molecule has 1 saturated heterocycles. The maximum Gasteiger partial charge on any atom is 0.310 e. The standard InChI is InChI=1S/C11H19N3O2S/c1-4-5-8-6-11(3,16-9(8)15)7(2)13-14-10(12)17/h8H,4-6H2,1-3H3,(H3,12,14,17)/b13-7+/t8-,11+/m1/s1. The summed E-state index contributed by atoms with van der Waals surface area (Å²) in [7, 11) is 0. The predicted octanol–water partition coefficient (Wildman–Crippen LogP) is 1.32. The van der Waals surface area contributed by atoms with E-state index in [1.807, 2.05) is 6.92 Å². The van der Waals surface area contributed by atoms with Gasteiger partial charge in [-0.1, -0.05) is 13.3 Å². The number of hydrazone groups is 1. The van der Waals surface area contributed by atoms with Crippen molar-refractivity contribution < 1.29 is 9.53 Å². The van der Waals surface area contributed by atoms with Crippen molar-refractivity contribution in [2.45, 2.75) is 45.6 Å². The minimum absolute atomic E-state index is 0.0278. The van der Waals surface area contributed by atoms with E-state index >= 15 is 0 Å². The minimum Gasteiger partial charge on any atom is -0.453 e. The van der Waals surface area contributed by atoms with E-state index in [4.69, 9.17) is 10.5 Å². The largest absolute Gasteiger partial charge is 0.453 e. The summed E-state index contributed by atoms with van der Waals surface area (Å²) in [5, 5.41) is 4.13. The molecule has 3 N–H and O–H groups in total. The van der Waals surface area contributed by atoms with Crippen LogP contribution in [0.2, 0.25) is 0 Å². The Hall–Kier alpha value is -1.17. The molecule has 1 rings (SSSR count). The molecule has 0 aliphatic carbocycles. The van der Waals surface area contributed by atoms with Gasteiger partial charge in [-0.05, 0) is 32.5 Å². The molecule has 1 heterocycles. The van der Waals surface area contributed by atoms with Crippen molar-refractivity contribution in [3.8, 4) is 0 Å². The lowest BCUT2D eigenvalue weighted by atomic mass is 9.90. The maximum absolute atomic E-state index is 11.7. The molecule has 0 amide bonds. The number of cyclic esters (lactones) is 1. The molecular formula is C11H19N3O2S. The van der Waals surface area contributed by atoms with Crippen molar-refractivity contribution in [1.29, 1.82) is 0 Å². The number of esters is 1. The van der Waals surface area contributed by atoms with E-state index in [0.29, 0.717) is 12.1 Å². The number of carbonyl (C=O) groups is 1. The summed E-state index contributed by atoms with van der Waals surface area (Å²) >= 11 is 4.66. The van der Waals surface area contributed by atoms with Crippen LogP contribution in [-0.4, -0.2) is 22.4 Å². The Balaban J connectivity index is 2.73. The summed E-state index contributed by atoms with van der Waals surface area (Å²) in [5.74, 6) is -0.167. The number of hydrogen-bond acceptors (Lipinski definition) is 4. The van der Waals surface area contributed by atoms with Crippen molar-refractivity contribution in [2.24, 2.45) is 16.8 Å². The van der Waals surface area contributed by atoms with Gasteiger partial charge in [-0.15, -0.1) is 0 Å². The van der Waals surface area contributed by atoms with E-state index in [9.17, 15) is 4.79 Å². The van der Waals surface area contributed by atoms with Gasteiger partial charge in [0.05, 0.1) is 11.6 Å². The smallest absolute Gasteiger partial charge is 0.310 e. The molecule has 1 aliphatic rings. The lowest BCUT2D eigenvalue weighted by Crippen LogP contribution is -2.36. The Morgan fingerprint density at radius 3 is 2.94 bits per heavy atom. The lowest BCUT2D eigenvalue weighted by molar-refractivity contribution is -0.146. The van der Waals surface area contributed by atoms with Gasteiger partial charge in [0.15, 0.2) is 5.11 Å². The SMILES string of the molecule is CCC[C@@H]1C[C@@](C)(/C(C)=N/NC(N)=S)OC1=O. The molecule has 0 saturated carbocycles. The molecule has 6 heteroatoms. The molecule has 0 aromatic rings. The van der Waals surface area contributed by atoms with E-state index in [1.165, 1.54) is 0 Å². The molecule has 0 unspecified atom stereocenters. The maximum atomic E-state index is 11.7. The van der Waals surface area contributed by atoms with Crippen LogP contribution in [0.4, 0.5) is 0 Å². The van der Waals surface area contributed by atoms with Crippen LogP contribution in [0.25, 0.3) is 0 Å². The Morgan fingerprint density at radius 2 is 2.41 bits per heavy atom. The van der Waals surface area contributed by atoms with E-state index in [1.54, 1.807) is 6.92 Å². The number of nitrogens with zero attached hydrogens (tertiary/aromatic N) is 1. The quantitative estimate of drug-likeness (QED) is 0.344. The number of ether oxygens (including phenoxy) is 1. The number of rotatable bonds is 4. The zero-order valence-corrected chi connectivity index (χ0v) is 11.3. The molecule has 96 valence electrons. The van der Waals surface area contributed by atoms with Crippen LogP contribution in [0.3, 0.4) is 0 Å². The number of nitrogens with one attached hydrogen (secondary N) is 1. The topological polar surface area (TPSA) is 76.7 Å². The van der Waals surface area contributed by atoms with Gasteiger partial charge in [-0.3, -0.25) is 10.2 Å². The van der Waals surface area contributed by atoms with Gasteiger partial charge >= 0.3 is 5.97 Å². The van der Waals surface area contributed by atoms with Gasteiger partial charge in [-0.25, -0.2) is 0 Å². The van der Waals surface area contributed by atoms with E-state index in [2.05, 4.69) is 29.7 Å². The van der Waals surface area contributed by atoms with Gasteiger partial charge in [-0.2, -0.15) is 5.10 Å². The van der Waals surface area contributed by atoms with Crippen LogP contribution in [0.15, 0.2) is 5.10 Å². The van der Waals surface area contributed by atoms with Crippen molar-refractivity contribution in [2.75, 3.05) is 0 Å². The first-order valence-corrected chi connectivity index (χ1v) is 6.13. The summed E-state index contributed by atoms with van der Waals surface area (Å²) in [6.07, 6.45) is 2.48. The zero-order valence-electron chi connectivity index (χ0n) is 10.4. The molecule has 2 atom stereocenters. The van der Waals surface area contributed by atoms with E-state index in [-0.39, 0.29) is 17.0 Å². The van der Waals surface area contributed by atoms with Crippen LogP contribution in [-0.2, 0) is 9.53 Å². The molecule has 0 aromatic heterocycles. The van der Waals surface area contributed by atoms with E-state index in [0.717, 1.165) is 12.8 Å². The number of hydrogen-bond donors (Lipinski definition) is 2. The Bertz CT molecular complexity index is 357. The highest BCUT2D eigenvalue weighted by molar-refractivity contribution is 7.80. The second-order valence-corrected chi connectivity index (χ2v) is 4.95. The second kappa shape index (κ2) is 5.44. The molecule has 5 nitrogen and oxygen atoms in total. The molecular weight excluding hydrogens is 238 g/mol. The third-order valence-corrected chi connectivity index (χ3v) is 3.12. The fraction of sp³-hybridized carbons (Fsp3) is 0.727. The van der Waals surface area contributed by atoms with Crippen LogP contribution in [0.1, 0.15) is 40.0 Å². The van der Waals surface area contributed by atoms with Gasteiger partial charge in [0.2, 0.25) is 0 Å². The number of thiocarbonyl (C=S) groups is 1. The average Bonchev–Trinajstić information content (AvgIpc) is 2.52. The van der Waals surface area contributed by atoms with E-state index < -0.39 is 5.60 Å². The van der Waals surface area contributed by atoms with Crippen LogP contribution in [0.5, 0.6) is 0 Å². The van der Waals surface area contributed by atoms with Gasteiger partial charge in [0.1, 0.15) is 5.60 Å². The third-order valence-electron chi connectivity index (χ3n) is 3.03. The summed E-state index contributed by atoms with van der Waals surface area (Å²) in [6, 6.07) is 0. The highest BCUT2D eigenvalue weighted by Crippen LogP contribution is 2.34. The molecule has 17 heavy (non-hydrogen) atoms. The fourth-order valence-electron chi connectivity index (χ4n) is 1.95. The highest BCUT2D eigenvalue weighted by atomic mass is 32.1. The first-order chi connectivity index (χ1) is 7.89. The second-order valence-electron chi connectivity index (χ2n) is 4.51. The number of carbonyl (C=O) groups excluding carboxylic acids is 1. The summed E-state index contributed by atoms with van der Waals surface area (Å²) in [4.78, 5) is 11.7. The van der Waals surface area contributed by atoms with Gasteiger partial charge < -0.3 is 10.5 Å². The molecule has 1 fully saturated rings. The van der Waals surface area contributed by atoms with Crippen LogP contribution < -0.4 is 11.2 Å². The molecule has 0 bridgehead atoms. The third kappa shape index (κ3) is 3.39. The predicted molar refractivity (Wildman–Crippen MR) is 70.5 cm³/mol. The van der Waals surface area contributed by atoms with Gasteiger partial charge in [0.25, 0.3) is 0 Å². The zero-order chi connectivity index (χ0) is 13.1. The Labute approximate surface area is 107 Å². The molecule has 0 radical (unpaired) electrons. The van der Waals surface area contributed by atoms with Crippen molar-refractivity contribution in [3.05, 3.63) is 0 Å². The average molecular weight is 257 g/mol. The van der Waals surface area contributed by atoms with Crippen LogP contribution in [0, 0.1) is 5.92 Å². The Morgan fingerprint density at radius 1 is 1.76 bits per heavy atom. The highest BCUT2D eigenvalue weighted by Gasteiger charge is 2.45. The lowest BCUT2D eigenvalue weighted by Gasteiger charge is -2.22. The van der Waals surface area contributed by atoms with Crippen LogP contribution >= 0.6 is 12.2 Å². The first-order valence-electron chi connectivity index (χ1n) is 5.72. The Kier molecular flexibility index (Phi) is 4.45. The van der Waals surface area contributed by atoms with Crippen molar-refractivity contribution in [3.63, 3.8) is 0 Å². The monoisotopic (exact) mass is 257 g/mol. The first kappa shape index (κ1) is 13.9. The van der Waals surface area contributed by atoms with Crippen molar-refractivity contribution >= 4 is 29.0 Å². The number of nitrogens with two attached hydrogens (primary N) is 1. The molecule has 1 aliphatic heterocycles.